The molecule has 2 N–H and O–H groups in total. The van der Waals surface area contributed by atoms with E-state index >= 15 is 0 Å². The minimum absolute atomic E-state index is 0.0252. The quantitative estimate of drug-likeness (QED) is 0.825. The van der Waals surface area contributed by atoms with Crippen LogP contribution in [-0.2, 0) is 4.79 Å². The van der Waals surface area contributed by atoms with Crippen molar-refractivity contribution in [2.24, 2.45) is 5.92 Å². The van der Waals surface area contributed by atoms with Gasteiger partial charge in [-0.3, -0.25) is 4.79 Å². The summed E-state index contributed by atoms with van der Waals surface area (Å²) in [5.41, 5.74) is 0.764. The number of benzene rings is 1. The zero-order valence-electron chi connectivity index (χ0n) is 8.74. The molecule has 3 rings (SSSR count). The Kier molecular flexibility index (Phi) is 2.37. The van der Waals surface area contributed by atoms with E-state index in [0.29, 0.717) is 11.1 Å². The molecule has 1 unspecified atom stereocenters. The number of nitrogens with one attached hydrogen (secondary N) is 2. The molecular weight excluding hydrogens is 224 g/mol. The number of anilines is 1. The summed E-state index contributed by atoms with van der Waals surface area (Å²) < 4.78 is 0. The van der Waals surface area contributed by atoms with Gasteiger partial charge in [-0.15, -0.1) is 0 Å². The second-order valence-electron chi connectivity index (χ2n) is 4.56. The molecule has 2 fully saturated rings. The minimum atomic E-state index is -0.0252. The lowest BCUT2D eigenvalue weighted by Crippen LogP contribution is -2.37. The lowest BCUT2D eigenvalue weighted by molar-refractivity contribution is -0.118. The Morgan fingerprint density at radius 3 is 3.00 bits per heavy atom. The van der Waals surface area contributed by atoms with Gasteiger partial charge in [0.1, 0.15) is 0 Å². The number of hydrogen-bond acceptors (Lipinski definition) is 2. The van der Waals surface area contributed by atoms with Gasteiger partial charge in [0.2, 0.25) is 5.91 Å². The van der Waals surface area contributed by atoms with Crippen molar-refractivity contribution in [3.63, 3.8) is 0 Å². The fraction of sp³-hybridized carbons (Fsp3) is 0.417. The molecule has 0 bridgehead atoms. The van der Waals surface area contributed by atoms with Gasteiger partial charge < -0.3 is 10.6 Å². The molecule has 0 radical (unpaired) electrons. The van der Waals surface area contributed by atoms with Gasteiger partial charge in [-0.05, 0) is 37.0 Å². The number of amides is 1. The van der Waals surface area contributed by atoms with Crippen molar-refractivity contribution >= 4 is 23.2 Å². The van der Waals surface area contributed by atoms with Crippen molar-refractivity contribution in [1.82, 2.24) is 5.32 Å². The molecule has 0 aromatic heterocycles. The van der Waals surface area contributed by atoms with Gasteiger partial charge in [0.15, 0.2) is 0 Å². The summed E-state index contributed by atoms with van der Waals surface area (Å²) in [7, 11) is 0. The Labute approximate surface area is 99.2 Å². The van der Waals surface area contributed by atoms with Crippen LogP contribution in [-0.4, -0.2) is 18.0 Å². The zero-order valence-corrected chi connectivity index (χ0v) is 9.50. The van der Waals surface area contributed by atoms with Crippen LogP contribution in [0.25, 0.3) is 0 Å². The highest BCUT2D eigenvalue weighted by Gasteiger charge is 2.47. The Balaban J connectivity index is 1.64. The normalized spacial score (nSPS) is 30.9. The van der Waals surface area contributed by atoms with Crippen LogP contribution < -0.4 is 10.6 Å². The standard InChI is InChI=1S/C12H13ClN2O/c13-8-2-1-3-9(6-8)14-12(16)11-5-7-4-10(7)15-11/h1-3,6-7,10-11,15H,4-5H2,(H,14,16)/t7?,10-,11+/m1/s1. The lowest BCUT2D eigenvalue weighted by Gasteiger charge is -2.13. The van der Waals surface area contributed by atoms with Gasteiger partial charge in [-0.1, -0.05) is 17.7 Å². The third-order valence-electron chi connectivity index (χ3n) is 3.28. The topological polar surface area (TPSA) is 41.1 Å². The number of piperidine rings is 1. The van der Waals surface area contributed by atoms with E-state index in [4.69, 9.17) is 11.6 Å². The molecule has 4 heteroatoms. The second kappa shape index (κ2) is 3.75. The van der Waals surface area contributed by atoms with Crippen molar-refractivity contribution in [3.05, 3.63) is 29.3 Å². The zero-order chi connectivity index (χ0) is 11.1. The molecule has 3 nitrogen and oxygen atoms in total. The Morgan fingerprint density at radius 1 is 1.44 bits per heavy atom. The van der Waals surface area contributed by atoms with Crippen LogP contribution in [0.5, 0.6) is 0 Å². The molecule has 84 valence electrons. The molecule has 1 amide bonds. The van der Waals surface area contributed by atoms with Gasteiger partial charge in [-0.2, -0.15) is 0 Å². The highest BCUT2D eigenvalue weighted by atomic mass is 35.5. The third kappa shape index (κ3) is 1.93. The molecule has 1 saturated carbocycles. The number of rotatable bonds is 2. The van der Waals surface area contributed by atoms with Crippen molar-refractivity contribution in [3.8, 4) is 0 Å². The predicted octanol–water partition coefficient (Wildman–Crippen LogP) is 2.03. The van der Waals surface area contributed by atoms with Crippen LogP contribution in [0.15, 0.2) is 24.3 Å². The minimum Gasteiger partial charge on any atom is -0.325 e. The van der Waals surface area contributed by atoms with Crippen LogP contribution in [0.4, 0.5) is 5.69 Å². The summed E-state index contributed by atoms with van der Waals surface area (Å²) in [6.07, 6.45) is 2.21. The van der Waals surface area contributed by atoms with E-state index in [2.05, 4.69) is 10.6 Å². The molecular formula is C12H13ClN2O. The van der Waals surface area contributed by atoms with Crippen LogP contribution in [0, 0.1) is 5.92 Å². The smallest absolute Gasteiger partial charge is 0.241 e. The maximum absolute atomic E-state index is 11.9. The molecule has 1 aromatic rings. The summed E-state index contributed by atoms with van der Waals surface area (Å²) >= 11 is 5.85. The largest absolute Gasteiger partial charge is 0.325 e. The predicted molar refractivity (Wildman–Crippen MR) is 63.5 cm³/mol. The number of carbonyl (C=O) groups excluding carboxylic acids is 1. The van der Waals surface area contributed by atoms with Crippen LogP contribution in [0.3, 0.4) is 0 Å². The van der Waals surface area contributed by atoms with Crippen molar-refractivity contribution in [1.29, 1.82) is 0 Å². The van der Waals surface area contributed by atoms with Crippen molar-refractivity contribution in [2.45, 2.75) is 24.9 Å². The number of carbonyl (C=O) groups is 1. The first-order chi connectivity index (χ1) is 7.72. The number of halogens is 1. The Bertz CT molecular complexity index is 425. The van der Waals surface area contributed by atoms with E-state index in [-0.39, 0.29) is 11.9 Å². The first-order valence-corrected chi connectivity index (χ1v) is 5.92. The Hall–Kier alpha value is -1.06. The molecule has 1 saturated heterocycles. The van der Waals surface area contributed by atoms with Gasteiger partial charge in [0, 0.05) is 16.8 Å². The summed E-state index contributed by atoms with van der Waals surface area (Å²) in [6.45, 7) is 0. The lowest BCUT2D eigenvalue weighted by atomic mass is 10.1. The maximum Gasteiger partial charge on any atom is 0.241 e. The SMILES string of the molecule is O=C(Nc1cccc(Cl)c1)[C@@H]1CC2C[C@H]2N1. The van der Waals surface area contributed by atoms with Crippen LogP contribution >= 0.6 is 11.6 Å². The first-order valence-electron chi connectivity index (χ1n) is 5.55. The van der Waals surface area contributed by atoms with Crippen LogP contribution in [0.1, 0.15) is 12.8 Å². The summed E-state index contributed by atoms with van der Waals surface area (Å²) in [5, 5.41) is 6.84. The summed E-state index contributed by atoms with van der Waals surface area (Å²) in [5.74, 6) is 0.782. The highest BCUT2D eigenvalue weighted by Crippen LogP contribution is 2.40. The highest BCUT2D eigenvalue weighted by molar-refractivity contribution is 6.30. The average Bonchev–Trinajstić information content (AvgIpc) is 2.86. The molecule has 3 atom stereocenters. The van der Waals surface area contributed by atoms with Gasteiger partial charge in [0.25, 0.3) is 0 Å². The fourth-order valence-corrected chi connectivity index (χ4v) is 2.51. The molecule has 1 heterocycles. The maximum atomic E-state index is 11.9. The Morgan fingerprint density at radius 2 is 2.31 bits per heavy atom. The van der Waals surface area contributed by atoms with E-state index in [0.717, 1.165) is 18.0 Å². The van der Waals surface area contributed by atoms with Crippen molar-refractivity contribution in [2.75, 3.05) is 5.32 Å². The molecule has 1 aromatic carbocycles. The van der Waals surface area contributed by atoms with Gasteiger partial charge >= 0.3 is 0 Å². The molecule has 0 spiro atoms. The van der Waals surface area contributed by atoms with E-state index in [1.807, 2.05) is 12.1 Å². The monoisotopic (exact) mass is 236 g/mol. The van der Waals surface area contributed by atoms with E-state index in [1.54, 1.807) is 12.1 Å². The third-order valence-corrected chi connectivity index (χ3v) is 3.52. The van der Waals surface area contributed by atoms with E-state index in [9.17, 15) is 4.79 Å². The van der Waals surface area contributed by atoms with Crippen molar-refractivity contribution < 1.29 is 4.79 Å². The number of fused-ring (bicyclic) bond motifs is 1. The second-order valence-corrected chi connectivity index (χ2v) is 4.99. The van der Waals surface area contributed by atoms with E-state index < -0.39 is 0 Å². The number of hydrogen-bond donors (Lipinski definition) is 2. The molecule has 16 heavy (non-hydrogen) atoms. The van der Waals surface area contributed by atoms with Crippen LogP contribution in [0.2, 0.25) is 5.02 Å². The van der Waals surface area contributed by atoms with Gasteiger partial charge in [0.05, 0.1) is 6.04 Å². The summed E-state index contributed by atoms with van der Waals surface area (Å²) in [4.78, 5) is 11.9. The average molecular weight is 237 g/mol. The van der Waals surface area contributed by atoms with Gasteiger partial charge in [-0.25, -0.2) is 0 Å². The first kappa shape index (κ1) is 10.1. The molecule has 2 aliphatic rings. The van der Waals surface area contributed by atoms with E-state index in [1.165, 1.54) is 6.42 Å². The molecule has 1 aliphatic heterocycles. The molecule has 1 aliphatic carbocycles. The fourth-order valence-electron chi connectivity index (χ4n) is 2.32. The summed E-state index contributed by atoms with van der Waals surface area (Å²) in [6, 6.07) is 7.80.